The predicted molar refractivity (Wildman–Crippen MR) is 81.3 cm³/mol. The Morgan fingerprint density at radius 2 is 1.70 bits per heavy atom. The normalized spacial score (nSPS) is 17.6. The highest BCUT2D eigenvalue weighted by Crippen LogP contribution is 2.47. The molecule has 0 aliphatic carbocycles. The minimum absolute atomic E-state index is 0.223. The first kappa shape index (κ1) is 15.4. The van der Waals surface area contributed by atoms with E-state index in [0.29, 0.717) is 17.4 Å². The summed E-state index contributed by atoms with van der Waals surface area (Å²) in [6.45, 7) is 1.64. The van der Waals surface area contributed by atoms with Gasteiger partial charge in [0.25, 0.3) is 0 Å². The molecule has 1 saturated heterocycles. The molecule has 0 spiro atoms. The highest BCUT2D eigenvalue weighted by atomic mass is 79.9. The average molecular weight is 345 g/mol. The van der Waals surface area contributed by atoms with Crippen LogP contribution in [-0.2, 0) is 4.74 Å². The monoisotopic (exact) mass is 344 g/mol. The third-order valence-electron chi connectivity index (χ3n) is 3.71. The fraction of sp³-hybridized carbons (Fsp3) is 0.600. The molecule has 1 aliphatic heterocycles. The van der Waals surface area contributed by atoms with Gasteiger partial charge >= 0.3 is 0 Å². The maximum atomic E-state index is 5.56. The molecule has 20 heavy (non-hydrogen) atoms. The summed E-state index contributed by atoms with van der Waals surface area (Å²) >= 11 is 3.82. The Kier molecular flexibility index (Phi) is 5.54. The van der Waals surface area contributed by atoms with Crippen molar-refractivity contribution < 1.29 is 18.9 Å². The largest absolute Gasteiger partial charge is 0.493 e. The molecule has 0 bridgehead atoms. The number of ether oxygens (including phenoxy) is 4. The minimum atomic E-state index is 0.223. The van der Waals surface area contributed by atoms with Gasteiger partial charge in [-0.2, -0.15) is 0 Å². The molecule has 112 valence electrons. The van der Waals surface area contributed by atoms with Crippen LogP contribution >= 0.6 is 15.9 Å². The Morgan fingerprint density at radius 3 is 2.25 bits per heavy atom. The number of hydrogen-bond acceptors (Lipinski definition) is 4. The molecule has 5 heteroatoms. The highest BCUT2D eigenvalue weighted by Gasteiger charge is 2.28. The summed E-state index contributed by atoms with van der Waals surface area (Å²) in [7, 11) is 4.91. The third-order valence-corrected chi connectivity index (χ3v) is 4.95. The molecule has 1 atom stereocenters. The first-order valence-corrected chi connectivity index (χ1v) is 7.65. The Bertz CT molecular complexity index is 444. The van der Waals surface area contributed by atoms with Gasteiger partial charge in [0.2, 0.25) is 5.75 Å². The molecule has 4 nitrogen and oxygen atoms in total. The second-order valence-electron chi connectivity index (χ2n) is 4.78. The first-order valence-electron chi connectivity index (χ1n) is 6.73. The van der Waals surface area contributed by atoms with Crippen molar-refractivity contribution in [1.82, 2.24) is 0 Å². The standard InChI is InChI=1S/C15H21BrO4/c1-17-12-5-4-11(14(18-2)15(12)19-3)13(16)10-6-8-20-9-7-10/h4-5,10,13H,6-9H2,1-3H3. The van der Waals surface area contributed by atoms with Gasteiger partial charge < -0.3 is 18.9 Å². The second-order valence-corrected chi connectivity index (χ2v) is 5.76. The quantitative estimate of drug-likeness (QED) is 0.765. The molecular formula is C15H21BrO4. The lowest BCUT2D eigenvalue weighted by Crippen LogP contribution is -2.19. The molecule has 1 fully saturated rings. The van der Waals surface area contributed by atoms with E-state index in [1.165, 1.54) is 0 Å². The molecular weight excluding hydrogens is 324 g/mol. The van der Waals surface area contributed by atoms with Crippen molar-refractivity contribution in [1.29, 1.82) is 0 Å². The van der Waals surface area contributed by atoms with Gasteiger partial charge in [-0.05, 0) is 24.8 Å². The van der Waals surface area contributed by atoms with E-state index in [1.807, 2.05) is 12.1 Å². The molecule has 0 radical (unpaired) electrons. The highest BCUT2D eigenvalue weighted by molar-refractivity contribution is 9.09. The van der Waals surface area contributed by atoms with Crippen molar-refractivity contribution in [2.24, 2.45) is 5.92 Å². The molecule has 0 aromatic heterocycles. The smallest absolute Gasteiger partial charge is 0.203 e. The van der Waals surface area contributed by atoms with Crippen molar-refractivity contribution in [2.45, 2.75) is 17.7 Å². The lowest BCUT2D eigenvalue weighted by molar-refractivity contribution is 0.0660. The van der Waals surface area contributed by atoms with Crippen LogP contribution in [0.3, 0.4) is 0 Å². The van der Waals surface area contributed by atoms with Gasteiger partial charge in [-0.3, -0.25) is 0 Å². The molecule has 1 aromatic carbocycles. The summed E-state index contributed by atoms with van der Waals surface area (Å²) in [6, 6.07) is 3.96. The number of methoxy groups -OCH3 is 3. The van der Waals surface area contributed by atoms with E-state index >= 15 is 0 Å². The van der Waals surface area contributed by atoms with Crippen molar-refractivity contribution in [2.75, 3.05) is 34.5 Å². The van der Waals surface area contributed by atoms with Crippen LogP contribution < -0.4 is 14.2 Å². The molecule has 2 rings (SSSR count). The van der Waals surface area contributed by atoms with Gasteiger partial charge in [-0.25, -0.2) is 0 Å². The zero-order valence-electron chi connectivity index (χ0n) is 12.1. The van der Waals surface area contributed by atoms with E-state index in [4.69, 9.17) is 18.9 Å². The summed E-state index contributed by atoms with van der Waals surface area (Å²) in [4.78, 5) is 0.223. The number of halogens is 1. The van der Waals surface area contributed by atoms with E-state index in [-0.39, 0.29) is 4.83 Å². The first-order chi connectivity index (χ1) is 9.72. The van der Waals surface area contributed by atoms with Crippen LogP contribution in [0.2, 0.25) is 0 Å². The van der Waals surface area contributed by atoms with Gasteiger partial charge in [0, 0.05) is 23.6 Å². The Labute approximate surface area is 128 Å². The maximum Gasteiger partial charge on any atom is 0.203 e. The summed E-state index contributed by atoms with van der Waals surface area (Å²) in [5, 5.41) is 0. The molecule has 0 saturated carbocycles. The summed E-state index contributed by atoms with van der Waals surface area (Å²) < 4.78 is 21.7. The van der Waals surface area contributed by atoms with Crippen LogP contribution in [0, 0.1) is 5.92 Å². The SMILES string of the molecule is COc1ccc(C(Br)C2CCOCC2)c(OC)c1OC. The summed E-state index contributed by atoms with van der Waals surface area (Å²) in [5.74, 6) is 2.60. The van der Waals surface area contributed by atoms with Crippen molar-refractivity contribution >= 4 is 15.9 Å². The molecule has 0 N–H and O–H groups in total. The van der Waals surface area contributed by atoms with Gasteiger partial charge in [0.05, 0.1) is 21.3 Å². The van der Waals surface area contributed by atoms with Crippen molar-refractivity contribution in [3.63, 3.8) is 0 Å². The predicted octanol–water partition coefficient (Wildman–Crippen LogP) is 3.58. The molecule has 1 aromatic rings. The number of benzene rings is 1. The topological polar surface area (TPSA) is 36.9 Å². The van der Waals surface area contributed by atoms with Gasteiger partial charge in [-0.1, -0.05) is 22.0 Å². The van der Waals surface area contributed by atoms with Crippen molar-refractivity contribution in [3.8, 4) is 17.2 Å². The number of hydrogen-bond donors (Lipinski definition) is 0. The third kappa shape index (κ3) is 3.04. The van der Waals surface area contributed by atoms with Gasteiger partial charge in [0.1, 0.15) is 0 Å². The van der Waals surface area contributed by atoms with Crippen molar-refractivity contribution in [3.05, 3.63) is 17.7 Å². The van der Waals surface area contributed by atoms with Crippen LogP contribution in [-0.4, -0.2) is 34.5 Å². The molecule has 1 aliphatic rings. The van der Waals surface area contributed by atoms with Crippen LogP contribution in [0.5, 0.6) is 17.2 Å². The maximum absolute atomic E-state index is 5.56. The van der Waals surface area contributed by atoms with Crippen LogP contribution in [0.1, 0.15) is 23.2 Å². The lowest BCUT2D eigenvalue weighted by atomic mass is 9.91. The molecule has 1 heterocycles. The molecule has 0 amide bonds. The van der Waals surface area contributed by atoms with Gasteiger partial charge in [-0.15, -0.1) is 0 Å². The Hall–Kier alpha value is -0.940. The van der Waals surface area contributed by atoms with Gasteiger partial charge in [0.15, 0.2) is 11.5 Å². The van der Waals surface area contributed by atoms with Crippen LogP contribution in [0.4, 0.5) is 0 Å². The summed E-state index contributed by atoms with van der Waals surface area (Å²) in [6.07, 6.45) is 2.10. The fourth-order valence-electron chi connectivity index (χ4n) is 2.60. The van der Waals surface area contributed by atoms with E-state index in [2.05, 4.69) is 15.9 Å². The fourth-order valence-corrected chi connectivity index (χ4v) is 3.49. The second kappa shape index (κ2) is 7.18. The average Bonchev–Trinajstić information content (AvgIpc) is 2.53. The van der Waals surface area contributed by atoms with E-state index in [0.717, 1.165) is 37.4 Å². The van der Waals surface area contributed by atoms with Crippen LogP contribution in [0.25, 0.3) is 0 Å². The van der Waals surface area contributed by atoms with E-state index in [1.54, 1.807) is 21.3 Å². The molecule has 1 unspecified atom stereocenters. The number of rotatable bonds is 5. The minimum Gasteiger partial charge on any atom is -0.493 e. The van der Waals surface area contributed by atoms with Crippen LogP contribution in [0.15, 0.2) is 12.1 Å². The number of alkyl halides is 1. The Balaban J connectivity index is 2.34. The summed E-state index contributed by atoms with van der Waals surface area (Å²) in [5.41, 5.74) is 1.09. The van der Waals surface area contributed by atoms with E-state index < -0.39 is 0 Å². The zero-order valence-corrected chi connectivity index (χ0v) is 13.7. The lowest BCUT2D eigenvalue weighted by Gasteiger charge is -2.28. The zero-order chi connectivity index (χ0) is 14.5. The van der Waals surface area contributed by atoms with E-state index in [9.17, 15) is 0 Å². The Morgan fingerprint density at radius 1 is 1.05 bits per heavy atom.